The summed E-state index contributed by atoms with van der Waals surface area (Å²) in [5.41, 5.74) is 5.87. The first-order chi connectivity index (χ1) is 9.37. The van der Waals surface area contributed by atoms with E-state index in [1.807, 2.05) is 13.8 Å². The molecule has 0 bridgehead atoms. The highest BCUT2D eigenvalue weighted by molar-refractivity contribution is 9.10. The molecule has 20 heavy (non-hydrogen) atoms. The molecule has 3 rings (SSSR count). The molecule has 1 saturated carbocycles. The maximum absolute atomic E-state index is 12.6. The number of nitrogens with one attached hydrogen (secondary N) is 1. The molecule has 3 unspecified atom stereocenters. The number of anilines is 1. The van der Waals surface area contributed by atoms with Gasteiger partial charge in [0, 0.05) is 17.9 Å². The quantitative estimate of drug-likeness (QED) is 0.807. The number of carbonyl (C=O) groups is 1. The van der Waals surface area contributed by atoms with Crippen molar-refractivity contribution in [3.05, 3.63) is 22.9 Å². The molecule has 108 valence electrons. The van der Waals surface area contributed by atoms with Crippen molar-refractivity contribution in [2.24, 2.45) is 17.1 Å². The third-order valence-corrected chi connectivity index (χ3v) is 5.28. The second kappa shape index (κ2) is 4.51. The van der Waals surface area contributed by atoms with Crippen LogP contribution in [0.4, 0.5) is 5.69 Å². The van der Waals surface area contributed by atoms with Gasteiger partial charge in [0.1, 0.15) is 10.1 Å². The molecule has 2 heterocycles. The van der Waals surface area contributed by atoms with Crippen LogP contribution < -0.4 is 11.1 Å². The van der Waals surface area contributed by atoms with E-state index in [-0.39, 0.29) is 23.3 Å². The van der Waals surface area contributed by atoms with Crippen LogP contribution in [-0.4, -0.2) is 29.1 Å². The summed E-state index contributed by atoms with van der Waals surface area (Å²) in [7, 11) is 0. The number of aromatic nitrogens is 1. The Morgan fingerprint density at radius 2 is 2.30 bits per heavy atom. The van der Waals surface area contributed by atoms with Crippen molar-refractivity contribution in [3.63, 3.8) is 0 Å². The van der Waals surface area contributed by atoms with E-state index in [1.165, 1.54) is 0 Å². The summed E-state index contributed by atoms with van der Waals surface area (Å²) < 4.78 is 6.43. The van der Waals surface area contributed by atoms with Crippen LogP contribution in [0, 0.1) is 11.3 Å². The Morgan fingerprint density at radius 3 is 2.95 bits per heavy atom. The minimum absolute atomic E-state index is 0.0845. The van der Waals surface area contributed by atoms with E-state index in [0.29, 0.717) is 12.3 Å². The molecule has 2 aliphatic rings. The monoisotopic (exact) mass is 339 g/mol. The number of nitrogens with two attached hydrogens (primary N) is 1. The lowest BCUT2D eigenvalue weighted by Gasteiger charge is -2.60. The van der Waals surface area contributed by atoms with Crippen LogP contribution in [0.5, 0.6) is 0 Å². The first-order valence-corrected chi connectivity index (χ1v) is 7.50. The Balaban J connectivity index is 1.81. The summed E-state index contributed by atoms with van der Waals surface area (Å²) in [4.78, 5) is 16.7. The molecule has 0 aromatic carbocycles. The maximum Gasteiger partial charge on any atom is 0.245 e. The molecule has 6 heteroatoms. The molecule has 5 nitrogen and oxygen atoms in total. The highest BCUT2D eigenvalue weighted by Gasteiger charge is 2.71. The van der Waals surface area contributed by atoms with E-state index >= 15 is 0 Å². The van der Waals surface area contributed by atoms with Crippen molar-refractivity contribution >= 4 is 27.5 Å². The van der Waals surface area contributed by atoms with Crippen molar-refractivity contribution in [1.29, 1.82) is 0 Å². The lowest BCUT2D eigenvalue weighted by Crippen LogP contribution is -2.79. The standard InChI is InChI=1S/C14H18BrN3O2/c1-13(2)11-9(5-6-20-11)14(13,16)12(19)18-8-3-4-10(15)17-7-8/h3-4,7,9,11H,5-6,16H2,1-2H3,(H,18,19). The van der Waals surface area contributed by atoms with Crippen molar-refractivity contribution in [3.8, 4) is 0 Å². The first-order valence-electron chi connectivity index (χ1n) is 6.71. The molecule has 1 amide bonds. The van der Waals surface area contributed by atoms with Gasteiger partial charge in [-0.05, 0) is 34.5 Å². The number of hydrogen-bond donors (Lipinski definition) is 2. The lowest BCUT2D eigenvalue weighted by molar-refractivity contribution is -0.170. The highest BCUT2D eigenvalue weighted by atomic mass is 79.9. The second-order valence-corrected chi connectivity index (χ2v) is 6.91. The van der Waals surface area contributed by atoms with Gasteiger partial charge < -0.3 is 15.8 Å². The number of fused-ring (bicyclic) bond motifs is 1. The highest BCUT2D eigenvalue weighted by Crippen LogP contribution is 2.58. The van der Waals surface area contributed by atoms with Crippen LogP contribution in [0.2, 0.25) is 0 Å². The largest absolute Gasteiger partial charge is 0.377 e. The van der Waals surface area contributed by atoms with Crippen LogP contribution in [0.15, 0.2) is 22.9 Å². The van der Waals surface area contributed by atoms with Gasteiger partial charge >= 0.3 is 0 Å². The summed E-state index contributed by atoms with van der Waals surface area (Å²) in [6.45, 7) is 4.68. The van der Waals surface area contributed by atoms with Gasteiger partial charge in [-0.15, -0.1) is 0 Å². The lowest BCUT2D eigenvalue weighted by atomic mass is 9.48. The number of hydrogen-bond acceptors (Lipinski definition) is 4. The Hall–Kier alpha value is -0.980. The predicted octanol–water partition coefficient (Wildman–Crippen LogP) is 1.92. The molecule has 1 aromatic rings. The van der Waals surface area contributed by atoms with Gasteiger partial charge in [0.15, 0.2) is 0 Å². The molecule has 2 fully saturated rings. The Kier molecular flexibility index (Phi) is 3.15. The van der Waals surface area contributed by atoms with Gasteiger partial charge in [0.2, 0.25) is 5.91 Å². The Labute approximate surface area is 126 Å². The van der Waals surface area contributed by atoms with Crippen LogP contribution in [0.1, 0.15) is 20.3 Å². The maximum atomic E-state index is 12.6. The predicted molar refractivity (Wildman–Crippen MR) is 79.1 cm³/mol. The van der Waals surface area contributed by atoms with E-state index in [1.54, 1.807) is 18.3 Å². The van der Waals surface area contributed by atoms with Crippen LogP contribution in [0.25, 0.3) is 0 Å². The third-order valence-electron chi connectivity index (χ3n) is 4.82. The summed E-state index contributed by atoms with van der Waals surface area (Å²) in [5.74, 6) is -0.0562. The van der Waals surface area contributed by atoms with E-state index in [0.717, 1.165) is 11.0 Å². The normalized spacial score (nSPS) is 34.2. The Bertz CT molecular complexity index is 546. The van der Waals surface area contributed by atoms with E-state index < -0.39 is 5.54 Å². The molecule has 3 atom stereocenters. The SMILES string of the molecule is CC1(C)C2OCCC2C1(N)C(=O)Nc1ccc(Br)nc1. The molecular weight excluding hydrogens is 322 g/mol. The van der Waals surface area contributed by atoms with Crippen LogP contribution in [-0.2, 0) is 9.53 Å². The third kappa shape index (κ3) is 1.75. The van der Waals surface area contributed by atoms with Gasteiger partial charge in [-0.3, -0.25) is 4.79 Å². The van der Waals surface area contributed by atoms with Crippen molar-refractivity contribution in [1.82, 2.24) is 4.98 Å². The molecule has 1 aliphatic carbocycles. The minimum atomic E-state index is -0.888. The number of amides is 1. The molecule has 0 radical (unpaired) electrons. The number of pyridine rings is 1. The topological polar surface area (TPSA) is 77.2 Å². The van der Waals surface area contributed by atoms with Gasteiger partial charge in [0.25, 0.3) is 0 Å². The molecular formula is C14H18BrN3O2. The average Bonchev–Trinajstić information content (AvgIpc) is 2.88. The summed E-state index contributed by atoms with van der Waals surface area (Å²) in [5, 5.41) is 2.88. The zero-order chi connectivity index (χ0) is 14.5. The average molecular weight is 340 g/mol. The number of ether oxygens (including phenoxy) is 1. The van der Waals surface area contributed by atoms with Crippen LogP contribution >= 0.6 is 15.9 Å². The number of rotatable bonds is 2. The van der Waals surface area contributed by atoms with Gasteiger partial charge in [0.05, 0.1) is 18.0 Å². The van der Waals surface area contributed by atoms with E-state index in [9.17, 15) is 4.79 Å². The zero-order valence-electron chi connectivity index (χ0n) is 11.5. The fourth-order valence-electron chi connectivity index (χ4n) is 3.53. The minimum Gasteiger partial charge on any atom is -0.377 e. The smallest absolute Gasteiger partial charge is 0.245 e. The zero-order valence-corrected chi connectivity index (χ0v) is 13.1. The first kappa shape index (κ1) is 14.0. The molecule has 3 N–H and O–H groups in total. The molecule has 0 spiro atoms. The van der Waals surface area contributed by atoms with Crippen molar-refractivity contribution < 1.29 is 9.53 Å². The van der Waals surface area contributed by atoms with Gasteiger partial charge in [-0.1, -0.05) is 13.8 Å². The van der Waals surface area contributed by atoms with Crippen molar-refractivity contribution in [2.75, 3.05) is 11.9 Å². The fraction of sp³-hybridized carbons (Fsp3) is 0.571. The van der Waals surface area contributed by atoms with E-state index in [2.05, 4.69) is 26.2 Å². The summed E-state index contributed by atoms with van der Waals surface area (Å²) in [6.07, 6.45) is 2.54. The molecule has 1 aliphatic heterocycles. The van der Waals surface area contributed by atoms with E-state index in [4.69, 9.17) is 10.5 Å². The number of halogens is 1. The van der Waals surface area contributed by atoms with Gasteiger partial charge in [-0.25, -0.2) is 4.98 Å². The molecule has 1 saturated heterocycles. The number of nitrogens with zero attached hydrogens (tertiary/aromatic N) is 1. The second-order valence-electron chi connectivity index (χ2n) is 6.10. The number of carbonyl (C=O) groups excluding carboxylic acids is 1. The summed E-state index contributed by atoms with van der Waals surface area (Å²) >= 11 is 3.27. The van der Waals surface area contributed by atoms with Crippen LogP contribution in [0.3, 0.4) is 0 Å². The fourth-order valence-corrected chi connectivity index (χ4v) is 3.76. The Morgan fingerprint density at radius 1 is 1.55 bits per heavy atom. The summed E-state index contributed by atoms with van der Waals surface area (Å²) in [6, 6.07) is 3.58. The molecule has 1 aromatic heterocycles. The van der Waals surface area contributed by atoms with Crippen molar-refractivity contribution in [2.45, 2.75) is 31.9 Å². The van der Waals surface area contributed by atoms with Gasteiger partial charge in [-0.2, -0.15) is 0 Å².